The quantitative estimate of drug-likeness (QED) is 0.377. The topological polar surface area (TPSA) is 0 Å². The van der Waals surface area contributed by atoms with Crippen molar-refractivity contribution in [3.63, 3.8) is 0 Å². The van der Waals surface area contributed by atoms with Gasteiger partial charge in [0.25, 0.3) is 0 Å². The molecule has 0 aliphatic carbocycles. The van der Waals surface area contributed by atoms with Crippen LogP contribution in [0.5, 0.6) is 0 Å². The van der Waals surface area contributed by atoms with Gasteiger partial charge < -0.3 is 0 Å². The summed E-state index contributed by atoms with van der Waals surface area (Å²) in [6.07, 6.45) is 8.71. The third kappa shape index (κ3) is 5.80. The predicted octanol–water partition coefficient (Wildman–Crippen LogP) is 8.02. The van der Waals surface area contributed by atoms with E-state index in [9.17, 15) is 0 Å². The SMILES string of the molecule is Cc1cc(C)cc(/C=C/c2cc(Br)cc(/C=C/c3cc(C)cc(C)c3)c2)c1. The number of aryl methyl sites for hydroxylation is 4. The molecule has 0 radical (unpaired) electrons. The highest BCUT2D eigenvalue weighted by Gasteiger charge is 1.98. The number of benzene rings is 3. The third-order valence-electron chi connectivity index (χ3n) is 4.37. The maximum atomic E-state index is 3.64. The lowest BCUT2D eigenvalue weighted by molar-refractivity contribution is 1.37. The number of hydrogen-bond acceptors (Lipinski definition) is 0. The average molecular weight is 417 g/mol. The van der Waals surface area contributed by atoms with E-state index in [1.54, 1.807) is 0 Å². The van der Waals surface area contributed by atoms with Crippen molar-refractivity contribution in [2.75, 3.05) is 0 Å². The Kier molecular flexibility index (Phi) is 6.13. The highest BCUT2D eigenvalue weighted by molar-refractivity contribution is 9.10. The molecule has 0 aliphatic rings. The second-order valence-electron chi connectivity index (χ2n) is 7.33. The van der Waals surface area contributed by atoms with Crippen molar-refractivity contribution in [3.05, 3.63) is 104 Å². The van der Waals surface area contributed by atoms with Crippen LogP contribution in [0, 0.1) is 27.7 Å². The Labute approximate surface area is 171 Å². The van der Waals surface area contributed by atoms with E-state index in [4.69, 9.17) is 0 Å². The van der Waals surface area contributed by atoms with E-state index < -0.39 is 0 Å². The molecule has 0 spiro atoms. The van der Waals surface area contributed by atoms with Crippen LogP contribution in [0.15, 0.2) is 59.1 Å². The molecular formula is C26H25Br. The highest BCUT2D eigenvalue weighted by atomic mass is 79.9. The molecule has 3 aromatic rings. The van der Waals surface area contributed by atoms with Gasteiger partial charge in [-0.2, -0.15) is 0 Å². The normalized spacial score (nSPS) is 11.6. The monoisotopic (exact) mass is 416 g/mol. The van der Waals surface area contributed by atoms with E-state index >= 15 is 0 Å². The first-order valence-electron chi connectivity index (χ1n) is 9.21. The molecule has 1 heteroatoms. The van der Waals surface area contributed by atoms with Crippen LogP contribution < -0.4 is 0 Å². The zero-order chi connectivity index (χ0) is 19.4. The minimum atomic E-state index is 1.09. The van der Waals surface area contributed by atoms with Gasteiger partial charge in [-0.15, -0.1) is 0 Å². The summed E-state index contributed by atoms with van der Waals surface area (Å²) in [5.41, 5.74) is 10.0. The predicted molar refractivity (Wildman–Crippen MR) is 124 cm³/mol. The maximum Gasteiger partial charge on any atom is 0.0187 e. The van der Waals surface area contributed by atoms with E-state index in [0.29, 0.717) is 0 Å². The van der Waals surface area contributed by atoms with Crippen molar-refractivity contribution >= 4 is 40.2 Å². The number of rotatable bonds is 4. The summed E-state index contributed by atoms with van der Waals surface area (Å²) in [5, 5.41) is 0. The first-order chi connectivity index (χ1) is 12.9. The lowest BCUT2D eigenvalue weighted by atomic mass is 10.0. The summed E-state index contributed by atoms with van der Waals surface area (Å²) in [7, 11) is 0. The number of halogens is 1. The standard InChI is InChI=1S/C26H25Br/c1-18-9-19(2)12-22(11-18)5-7-24-15-25(17-26(27)16-24)8-6-23-13-20(3)10-21(4)14-23/h5-17H,1-4H3/b7-5+,8-6+. The molecule has 0 atom stereocenters. The van der Waals surface area contributed by atoms with Gasteiger partial charge in [-0.3, -0.25) is 0 Å². The van der Waals surface area contributed by atoms with Gasteiger partial charge in [0.2, 0.25) is 0 Å². The first-order valence-corrected chi connectivity index (χ1v) is 10.00. The van der Waals surface area contributed by atoms with Crippen molar-refractivity contribution in [1.82, 2.24) is 0 Å². The molecule has 136 valence electrons. The smallest absolute Gasteiger partial charge is 0.0187 e. The summed E-state index contributed by atoms with van der Waals surface area (Å²) in [4.78, 5) is 0. The zero-order valence-electron chi connectivity index (χ0n) is 16.4. The van der Waals surface area contributed by atoms with Crippen molar-refractivity contribution in [2.24, 2.45) is 0 Å². The largest absolute Gasteiger partial charge is 0.0563 e. The molecule has 0 saturated heterocycles. The maximum absolute atomic E-state index is 3.64. The van der Waals surface area contributed by atoms with Crippen molar-refractivity contribution in [1.29, 1.82) is 0 Å². The van der Waals surface area contributed by atoms with E-state index in [1.165, 1.54) is 44.5 Å². The molecular weight excluding hydrogens is 392 g/mol. The van der Waals surface area contributed by atoms with Gasteiger partial charge in [-0.05, 0) is 68.1 Å². The Balaban J connectivity index is 1.85. The molecule has 27 heavy (non-hydrogen) atoms. The average Bonchev–Trinajstić information content (AvgIpc) is 2.56. The van der Waals surface area contributed by atoms with E-state index in [0.717, 1.165) is 4.47 Å². The molecule has 0 heterocycles. The Morgan fingerprint density at radius 3 is 1.07 bits per heavy atom. The van der Waals surface area contributed by atoms with Gasteiger partial charge in [0.05, 0.1) is 0 Å². The first kappa shape index (κ1) is 19.4. The molecule has 0 aliphatic heterocycles. The van der Waals surface area contributed by atoms with Crippen LogP contribution >= 0.6 is 15.9 Å². The van der Waals surface area contributed by atoms with E-state index in [-0.39, 0.29) is 0 Å². The molecule has 3 aromatic carbocycles. The zero-order valence-corrected chi connectivity index (χ0v) is 18.0. The molecule has 0 fully saturated rings. The second-order valence-corrected chi connectivity index (χ2v) is 8.24. The van der Waals surface area contributed by atoms with Gasteiger partial charge in [-0.1, -0.05) is 98.9 Å². The molecule has 0 unspecified atom stereocenters. The third-order valence-corrected chi connectivity index (χ3v) is 4.82. The summed E-state index contributed by atoms with van der Waals surface area (Å²) >= 11 is 3.64. The van der Waals surface area contributed by atoms with Crippen LogP contribution in [-0.2, 0) is 0 Å². The molecule has 0 N–H and O–H groups in total. The summed E-state index contributed by atoms with van der Waals surface area (Å²) in [5.74, 6) is 0. The lowest BCUT2D eigenvalue weighted by Crippen LogP contribution is -1.82. The Morgan fingerprint density at radius 1 is 0.444 bits per heavy atom. The molecule has 0 saturated carbocycles. The Bertz CT molecular complexity index is 902. The highest BCUT2D eigenvalue weighted by Crippen LogP contribution is 2.21. The van der Waals surface area contributed by atoms with E-state index in [1.807, 2.05) is 0 Å². The van der Waals surface area contributed by atoms with Crippen LogP contribution in [0.3, 0.4) is 0 Å². The van der Waals surface area contributed by atoms with Crippen molar-refractivity contribution in [2.45, 2.75) is 27.7 Å². The van der Waals surface area contributed by atoms with Crippen LogP contribution in [0.1, 0.15) is 44.5 Å². The fraction of sp³-hybridized carbons (Fsp3) is 0.154. The second kappa shape index (κ2) is 8.54. The van der Waals surface area contributed by atoms with Crippen molar-refractivity contribution < 1.29 is 0 Å². The Hall–Kier alpha value is -2.38. The molecule has 0 aromatic heterocycles. The van der Waals surface area contributed by atoms with Gasteiger partial charge >= 0.3 is 0 Å². The van der Waals surface area contributed by atoms with Gasteiger partial charge in [0, 0.05) is 4.47 Å². The van der Waals surface area contributed by atoms with E-state index in [2.05, 4.69) is 123 Å². The van der Waals surface area contributed by atoms with Gasteiger partial charge in [0.15, 0.2) is 0 Å². The van der Waals surface area contributed by atoms with Crippen molar-refractivity contribution in [3.8, 4) is 0 Å². The lowest BCUT2D eigenvalue weighted by Gasteiger charge is -2.03. The molecule has 0 bridgehead atoms. The minimum Gasteiger partial charge on any atom is -0.0563 e. The summed E-state index contributed by atoms with van der Waals surface area (Å²) in [6, 6.07) is 19.7. The van der Waals surface area contributed by atoms with Crippen LogP contribution in [0.25, 0.3) is 24.3 Å². The fourth-order valence-electron chi connectivity index (χ4n) is 3.43. The minimum absolute atomic E-state index is 1.09. The molecule has 0 amide bonds. The van der Waals surface area contributed by atoms with Gasteiger partial charge in [-0.25, -0.2) is 0 Å². The van der Waals surface area contributed by atoms with Crippen LogP contribution in [0.2, 0.25) is 0 Å². The number of hydrogen-bond donors (Lipinski definition) is 0. The molecule has 0 nitrogen and oxygen atoms in total. The Morgan fingerprint density at radius 2 is 0.741 bits per heavy atom. The summed E-state index contributed by atoms with van der Waals surface area (Å²) < 4.78 is 1.09. The molecule has 3 rings (SSSR count). The van der Waals surface area contributed by atoms with Gasteiger partial charge in [0.1, 0.15) is 0 Å². The van der Waals surface area contributed by atoms with Crippen LogP contribution in [0.4, 0.5) is 0 Å². The fourth-order valence-corrected chi connectivity index (χ4v) is 3.95. The van der Waals surface area contributed by atoms with Crippen LogP contribution in [-0.4, -0.2) is 0 Å². The summed E-state index contributed by atoms with van der Waals surface area (Å²) in [6.45, 7) is 8.55.